The number of esters is 3. The van der Waals surface area contributed by atoms with Crippen LogP contribution >= 0.6 is 0 Å². The van der Waals surface area contributed by atoms with Gasteiger partial charge in [-0.1, -0.05) is 241 Å². The van der Waals surface area contributed by atoms with Crippen molar-refractivity contribution in [1.29, 1.82) is 0 Å². The number of rotatable bonds is 51. The van der Waals surface area contributed by atoms with Crippen LogP contribution < -0.4 is 0 Å². The van der Waals surface area contributed by atoms with Gasteiger partial charge in [-0.25, -0.2) is 0 Å². The van der Waals surface area contributed by atoms with E-state index >= 15 is 0 Å². The molecule has 0 radical (unpaired) electrons. The van der Waals surface area contributed by atoms with E-state index in [0.29, 0.717) is 19.3 Å². The molecule has 0 unspecified atom stereocenters. The van der Waals surface area contributed by atoms with E-state index < -0.39 is 6.10 Å². The van der Waals surface area contributed by atoms with Crippen molar-refractivity contribution in [3.05, 3.63) is 72.9 Å². The van der Waals surface area contributed by atoms with Gasteiger partial charge in [0.2, 0.25) is 0 Å². The molecule has 0 aromatic carbocycles. The van der Waals surface area contributed by atoms with E-state index in [2.05, 4.69) is 93.7 Å². The molecule has 0 amide bonds. The molecule has 386 valence electrons. The van der Waals surface area contributed by atoms with E-state index in [4.69, 9.17) is 14.2 Å². The van der Waals surface area contributed by atoms with Crippen LogP contribution in [0.2, 0.25) is 0 Å². The third-order valence-corrected chi connectivity index (χ3v) is 12.2. The maximum Gasteiger partial charge on any atom is 0.306 e. The molecular formula is C61H106O6. The molecule has 6 heteroatoms. The van der Waals surface area contributed by atoms with Crippen LogP contribution in [0.5, 0.6) is 0 Å². The van der Waals surface area contributed by atoms with E-state index in [1.165, 1.54) is 141 Å². The number of allylic oxidation sites excluding steroid dienone is 12. The van der Waals surface area contributed by atoms with Gasteiger partial charge in [-0.3, -0.25) is 14.4 Å². The fraction of sp³-hybridized carbons (Fsp3) is 0.754. The van der Waals surface area contributed by atoms with Crippen LogP contribution in [0.1, 0.15) is 278 Å². The van der Waals surface area contributed by atoms with Gasteiger partial charge >= 0.3 is 17.9 Å². The Morgan fingerprint density at radius 1 is 0.313 bits per heavy atom. The Labute approximate surface area is 414 Å². The minimum absolute atomic E-state index is 0.0880. The quantitative estimate of drug-likeness (QED) is 0.0262. The molecule has 0 rings (SSSR count). The van der Waals surface area contributed by atoms with Crippen molar-refractivity contribution in [1.82, 2.24) is 0 Å². The Morgan fingerprint density at radius 2 is 0.582 bits per heavy atom. The first kappa shape index (κ1) is 63.8. The van der Waals surface area contributed by atoms with Crippen molar-refractivity contribution in [2.45, 2.75) is 284 Å². The third kappa shape index (κ3) is 53.7. The minimum atomic E-state index is -0.793. The van der Waals surface area contributed by atoms with Crippen LogP contribution in [0.25, 0.3) is 0 Å². The molecule has 0 spiro atoms. The average Bonchev–Trinajstić information content (AvgIpc) is 3.33. The summed E-state index contributed by atoms with van der Waals surface area (Å²) in [5, 5.41) is 0. The smallest absolute Gasteiger partial charge is 0.306 e. The lowest BCUT2D eigenvalue weighted by atomic mass is 10.0. The molecule has 67 heavy (non-hydrogen) atoms. The monoisotopic (exact) mass is 935 g/mol. The fourth-order valence-corrected chi connectivity index (χ4v) is 7.93. The van der Waals surface area contributed by atoms with Crippen LogP contribution in [0, 0.1) is 0 Å². The molecular weight excluding hydrogens is 829 g/mol. The molecule has 0 heterocycles. The second kappa shape index (κ2) is 55.4. The van der Waals surface area contributed by atoms with Crippen LogP contribution in [0.3, 0.4) is 0 Å². The summed E-state index contributed by atoms with van der Waals surface area (Å²) < 4.78 is 16.8. The first-order chi connectivity index (χ1) is 33.0. The zero-order chi connectivity index (χ0) is 48.6. The Hall–Kier alpha value is -3.15. The average molecular weight is 936 g/mol. The Kier molecular flexibility index (Phi) is 52.8. The molecule has 6 nitrogen and oxygen atoms in total. The topological polar surface area (TPSA) is 78.9 Å². The number of carbonyl (C=O) groups is 3. The van der Waals surface area contributed by atoms with Crippen LogP contribution in [0.4, 0.5) is 0 Å². The molecule has 0 saturated carbocycles. The van der Waals surface area contributed by atoms with E-state index in [-0.39, 0.29) is 31.1 Å². The molecule has 0 aliphatic carbocycles. The summed E-state index contributed by atoms with van der Waals surface area (Å²) in [6.07, 6.45) is 70.3. The molecule has 0 aliphatic rings. The van der Waals surface area contributed by atoms with Gasteiger partial charge in [0.15, 0.2) is 6.10 Å². The standard InChI is InChI=1S/C61H106O6/c1-4-7-10-13-16-19-22-25-27-29-30-32-34-37-40-43-46-49-52-55-61(64)67-58(56-65-59(62)53-50-47-44-41-38-35-24-21-18-15-12-9-6-3)57-66-60(63)54-51-48-45-42-39-36-33-31-28-26-23-20-17-14-11-8-5-2/h7,10,16,19,25-28,30,32,37,40,58H,4-6,8-9,11-15,17-18,20-24,29,31,33-36,38-39,41-57H2,1-3H3/b10-7-,19-16-,27-25-,28-26-,32-30-,40-37-/t58-/m0/s1. The fourth-order valence-electron chi connectivity index (χ4n) is 7.93. The third-order valence-electron chi connectivity index (χ3n) is 12.2. The number of hydrogen-bond acceptors (Lipinski definition) is 6. The summed E-state index contributed by atoms with van der Waals surface area (Å²) in [4.78, 5) is 38.1. The van der Waals surface area contributed by atoms with Crippen LogP contribution in [0.15, 0.2) is 72.9 Å². The predicted octanol–water partition coefficient (Wildman–Crippen LogP) is 19.0. The lowest BCUT2D eigenvalue weighted by molar-refractivity contribution is -0.167. The van der Waals surface area contributed by atoms with Gasteiger partial charge in [-0.15, -0.1) is 0 Å². The molecule has 0 bridgehead atoms. The predicted molar refractivity (Wildman–Crippen MR) is 288 cm³/mol. The highest BCUT2D eigenvalue weighted by molar-refractivity contribution is 5.71. The zero-order valence-electron chi connectivity index (χ0n) is 44.2. The zero-order valence-corrected chi connectivity index (χ0v) is 44.2. The highest BCUT2D eigenvalue weighted by Gasteiger charge is 2.19. The minimum Gasteiger partial charge on any atom is -0.462 e. The number of hydrogen-bond donors (Lipinski definition) is 0. The highest BCUT2D eigenvalue weighted by Crippen LogP contribution is 2.15. The normalized spacial score (nSPS) is 12.6. The van der Waals surface area contributed by atoms with Crippen molar-refractivity contribution in [3.8, 4) is 0 Å². The Bertz CT molecular complexity index is 1260. The van der Waals surface area contributed by atoms with Crippen molar-refractivity contribution in [2.24, 2.45) is 0 Å². The van der Waals surface area contributed by atoms with Crippen LogP contribution in [-0.2, 0) is 28.6 Å². The SMILES string of the molecule is CC/C=C\C/C=C\C/C=C\C/C=C\C/C=C\CCCCCC(=O)O[C@H](COC(=O)CCCCCCCCC/C=C\CCCCCCCC)COC(=O)CCCCCCCCCCCCCCC. The molecule has 0 fully saturated rings. The van der Waals surface area contributed by atoms with Gasteiger partial charge in [0.1, 0.15) is 13.2 Å². The highest BCUT2D eigenvalue weighted by atomic mass is 16.6. The molecule has 0 aromatic rings. The number of ether oxygens (including phenoxy) is 3. The van der Waals surface area contributed by atoms with Gasteiger partial charge in [0, 0.05) is 19.3 Å². The summed E-state index contributed by atoms with van der Waals surface area (Å²) >= 11 is 0. The molecule has 0 aromatic heterocycles. The molecule has 1 atom stereocenters. The maximum atomic E-state index is 12.8. The van der Waals surface area contributed by atoms with Gasteiger partial charge in [-0.2, -0.15) is 0 Å². The lowest BCUT2D eigenvalue weighted by Crippen LogP contribution is -2.30. The first-order valence-corrected chi connectivity index (χ1v) is 28.4. The molecule has 0 aliphatic heterocycles. The number of carbonyl (C=O) groups excluding carboxylic acids is 3. The van der Waals surface area contributed by atoms with Crippen molar-refractivity contribution in [3.63, 3.8) is 0 Å². The van der Waals surface area contributed by atoms with Gasteiger partial charge < -0.3 is 14.2 Å². The van der Waals surface area contributed by atoms with Crippen molar-refractivity contribution < 1.29 is 28.6 Å². The van der Waals surface area contributed by atoms with E-state index in [0.717, 1.165) is 96.3 Å². The van der Waals surface area contributed by atoms with Crippen LogP contribution in [-0.4, -0.2) is 37.2 Å². The summed E-state index contributed by atoms with van der Waals surface area (Å²) in [6.45, 7) is 6.51. The van der Waals surface area contributed by atoms with Gasteiger partial charge in [0.05, 0.1) is 0 Å². The summed E-state index contributed by atoms with van der Waals surface area (Å²) in [6, 6.07) is 0. The summed E-state index contributed by atoms with van der Waals surface area (Å²) in [5.74, 6) is -0.916. The van der Waals surface area contributed by atoms with E-state index in [1.807, 2.05) is 0 Å². The Balaban J connectivity index is 4.43. The number of unbranched alkanes of at least 4 members (excludes halogenated alkanes) is 28. The maximum absolute atomic E-state index is 12.8. The van der Waals surface area contributed by atoms with Gasteiger partial charge in [0.25, 0.3) is 0 Å². The van der Waals surface area contributed by atoms with Crippen molar-refractivity contribution >= 4 is 17.9 Å². The second-order valence-electron chi connectivity index (χ2n) is 18.8. The summed E-state index contributed by atoms with van der Waals surface area (Å²) in [7, 11) is 0. The Morgan fingerprint density at radius 3 is 0.940 bits per heavy atom. The molecule has 0 saturated heterocycles. The van der Waals surface area contributed by atoms with Crippen molar-refractivity contribution in [2.75, 3.05) is 13.2 Å². The second-order valence-corrected chi connectivity index (χ2v) is 18.8. The largest absolute Gasteiger partial charge is 0.462 e. The van der Waals surface area contributed by atoms with Gasteiger partial charge in [-0.05, 0) is 89.9 Å². The summed E-state index contributed by atoms with van der Waals surface area (Å²) in [5.41, 5.74) is 0. The van der Waals surface area contributed by atoms with E-state index in [1.54, 1.807) is 0 Å². The first-order valence-electron chi connectivity index (χ1n) is 28.4. The lowest BCUT2D eigenvalue weighted by Gasteiger charge is -2.18. The van der Waals surface area contributed by atoms with E-state index in [9.17, 15) is 14.4 Å². The molecule has 0 N–H and O–H groups in total.